The summed E-state index contributed by atoms with van der Waals surface area (Å²) >= 11 is 0. The van der Waals surface area contributed by atoms with Crippen LogP contribution in [0.3, 0.4) is 0 Å². The molecular weight excluding hydrogens is 252 g/mol. The maximum absolute atomic E-state index is 10.9. The van der Waals surface area contributed by atoms with Gasteiger partial charge in [0, 0.05) is 30.9 Å². The molecule has 4 nitrogen and oxygen atoms in total. The summed E-state index contributed by atoms with van der Waals surface area (Å²) in [6.07, 6.45) is 2.37. The van der Waals surface area contributed by atoms with Gasteiger partial charge < -0.3 is 14.9 Å². The van der Waals surface area contributed by atoms with Crippen LogP contribution in [-0.2, 0) is 4.79 Å². The van der Waals surface area contributed by atoms with E-state index in [-0.39, 0.29) is 6.42 Å². The lowest BCUT2D eigenvalue weighted by molar-refractivity contribution is -0.136. The van der Waals surface area contributed by atoms with Gasteiger partial charge in [-0.15, -0.1) is 0 Å². The molecule has 0 aromatic heterocycles. The number of likely N-dealkylation sites (tertiary alicyclic amines) is 1. The summed E-state index contributed by atoms with van der Waals surface area (Å²) < 4.78 is 0. The maximum atomic E-state index is 10.9. The summed E-state index contributed by atoms with van der Waals surface area (Å²) in [5, 5.41) is 8.97. The Morgan fingerprint density at radius 2 is 2.10 bits per heavy atom. The van der Waals surface area contributed by atoms with Gasteiger partial charge in [-0.1, -0.05) is 18.2 Å². The predicted octanol–water partition coefficient (Wildman–Crippen LogP) is 2.45. The van der Waals surface area contributed by atoms with Crippen LogP contribution in [0.2, 0.25) is 0 Å². The zero-order chi connectivity index (χ0) is 14.5. The topological polar surface area (TPSA) is 43.8 Å². The normalized spacial score (nSPS) is 23.5. The number of carboxylic acid groups (broad SMARTS) is 1. The Morgan fingerprint density at radius 3 is 2.70 bits per heavy atom. The molecule has 1 aliphatic heterocycles. The largest absolute Gasteiger partial charge is 0.481 e. The van der Waals surface area contributed by atoms with Crippen LogP contribution in [0.4, 0.5) is 5.69 Å². The van der Waals surface area contributed by atoms with Crippen LogP contribution in [0.25, 0.3) is 0 Å². The first kappa shape index (κ1) is 14.9. The van der Waals surface area contributed by atoms with Crippen molar-refractivity contribution in [2.75, 3.05) is 25.0 Å². The molecule has 20 heavy (non-hydrogen) atoms. The van der Waals surface area contributed by atoms with Gasteiger partial charge in [-0.2, -0.15) is 0 Å². The Labute approximate surface area is 121 Å². The number of hydrogen-bond acceptors (Lipinski definition) is 3. The number of carbonyl (C=O) groups is 1. The summed E-state index contributed by atoms with van der Waals surface area (Å²) in [4.78, 5) is 15.5. The average Bonchev–Trinajstić information content (AvgIpc) is 2.44. The van der Waals surface area contributed by atoms with Crippen LogP contribution in [-0.4, -0.2) is 48.2 Å². The minimum absolute atomic E-state index is 0.190. The van der Waals surface area contributed by atoms with E-state index in [0.717, 1.165) is 25.1 Å². The highest BCUT2D eigenvalue weighted by molar-refractivity contribution is 5.67. The molecular formula is C16H24N2O2. The predicted molar refractivity (Wildman–Crippen MR) is 81.2 cm³/mol. The van der Waals surface area contributed by atoms with Crippen LogP contribution in [0.1, 0.15) is 26.2 Å². The van der Waals surface area contributed by atoms with Gasteiger partial charge in [-0.25, -0.2) is 0 Å². The molecule has 2 atom stereocenters. The van der Waals surface area contributed by atoms with Gasteiger partial charge >= 0.3 is 5.97 Å². The minimum Gasteiger partial charge on any atom is -0.481 e. The molecule has 1 fully saturated rings. The fourth-order valence-corrected chi connectivity index (χ4v) is 2.91. The fraction of sp³-hybridized carbons (Fsp3) is 0.562. The zero-order valence-corrected chi connectivity index (χ0v) is 12.3. The summed E-state index contributed by atoms with van der Waals surface area (Å²) in [5.74, 6) is -0.730. The molecule has 0 spiro atoms. The van der Waals surface area contributed by atoms with E-state index in [1.807, 2.05) is 18.2 Å². The number of anilines is 1. The smallest absolute Gasteiger partial charge is 0.305 e. The van der Waals surface area contributed by atoms with Crippen molar-refractivity contribution < 1.29 is 9.90 Å². The van der Waals surface area contributed by atoms with Gasteiger partial charge in [0.1, 0.15) is 0 Å². The first-order chi connectivity index (χ1) is 9.58. The van der Waals surface area contributed by atoms with E-state index >= 15 is 0 Å². The SMILES string of the molecule is CC1CC(N(CCC(=O)O)c2ccccc2)CCN1C. The van der Waals surface area contributed by atoms with Gasteiger partial charge in [0.25, 0.3) is 0 Å². The number of benzene rings is 1. The van der Waals surface area contributed by atoms with E-state index < -0.39 is 5.97 Å². The van der Waals surface area contributed by atoms with E-state index in [2.05, 4.69) is 35.9 Å². The lowest BCUT2D eigenvalue weighted by Crippen LogP contribution is -2.48. The first-order valence-corrected chi connectivity index (χ1v) is 7.31. The van der Waals surface area contributed by atoms with Crippen molar-refractivity contribution in [3.63, 3.8) is 0 Å². The zero-order valence-electron chi connectivity index (χ0n) is 12.3. The van der Waals surface area contributed by atoms with Crippen molar-refractivity contribution in [3.8, 4) is 0 Å². The van der Waals surface area contributed by atoms with Crippen LogP contribution >= 0.6 is 0 Å². The van der Waals surface area contributed by atoms with Crippen LogP contribution in [0.15, 0.2) is 30.3 Å². The Bertz CT molecular complexity index is 435. The summed E-state index contributed by atoms with van der Waals surface area (Å²) in [7, 11) is 2.16. The van der Waals surface area contributed by atoms with Gasteiger partial charge in [0.2, 0.25) is 0 Å². The molecule has 2 rings (SSSR count). The Morgan fingerprint density at radius 1 is 1.40 bits per heavy atom. The van der Waals surface area contributed by atoms with Gasteiger partial charge in [0.15, 0.2) is 0 Å². The molecule has 2 unspecified atom stereocenters. The highest BCUT2D eigenvalue weighted by Gasteiger charge is 2.27. The van der Waals surface area contributed by atoms with Gasteiger partial charge in [-0.3, -0.25) is 4.79 Å². The van der Waals surface area contributed by atoms with Crippen molar-refractivity contribution in [2.24, 2.45) is 0 Å². The Hall–Kier alpha value is -1.55. The fourth-order valence-electron chi connectivity index (χ4n) is 2.91. The third-order valence-electron chi connectivity index (χ3n) is 4.28. The molecule has 1 saturated heterocycles. The monoisotopic (exact) mass is 276 g/mol. The number of nitrogens with zero attached hydrogens (tertiary/aromatic N) is 2. The van der Waals surface area contributed by atoms with E-state index in [4.69, 9.17) is 5.11 Å². The third kappa shape index (κ3) is 3.73. The van der Waals surface area contributed by atoms with Crippen molar-refractivity contribution >= 4 is 11.7 Å². The second-order valence-electron chi connectivity index (χ2n) is 5.68. The number of aliphatic carboxylic acids is 1. The number of carboxylic acids is 1. The number of piperidine rings is 1. The molecule has 1 aromatic carbocycles. The molecule has 0 saturated carbocycles. The highest BCUT2D eigenvalue weighted by Crippen LogP contribution is 2.26. The molecule has 4 heteroatoms. The van der Waals surface area contributed by atoms with E-state index in [1.54, 1.807) is 0 Å². The molecule has 0 bridgehead atoms. The standard InChI is InChI=1S/C16H24N2O2/c1-13-12-15(8-10-17(13)2)18(11-9-16(19)20)14-6-4-3-5-7-14/h3-7,13,15H,8-12H2,1-2H3,(H,19,20). The van der Waals surface area contributed by atoms with E-state index in [9.17, 15) is 4.79 Å². The average molecular weight is 276 g/mol. The second-order valence-corrected chi connectivity index (χ2v) is 5.68. The highest BCUT2D eigenvalue weighted by atomic mass is 16.4. The summed E-state index contributed by atoms with van der Waals surface area (Å²) in [6, 6.07) is 11.2. The van der Waals surface area contributed by atoms with Crippen LogP contribution in [0, 0.1) is 0 Å². The van der Waals surface area contributed by atoms with Gasteiger partial charge in [0.05, 0.1) is 6.42 Å². The molecule has 1 aromatic rings. The van der Waals surface area contributed by atoms with Crippen LogP contribution in [0.5, 0.6) is 0 Å². The quantitative estimate of drug-likeness (QED) is 0.897. The van der Waals surface area contributed by atoms with Crippen molar-refractivity contribution in [1.82, 2.24) is 4.90 Å². The number of hydrogen-bond donors (Lipinski definition) is 1. The van der Waals surface area contributed by atoms with E-state index in [0.29, 0.717) is 18.6 Å². The Balaban J connectivity index is 2.12. The molecule has 0 radical (unpaired) electrons. The number of rotatable bonds is 5. The van der Waals surface area contributed by atoms with Crippen molar-refractivity contribution in [2.45, 2.75) is 38.3 Å². The van der Waals surface area contributed by atoms with Crippen LogP contribution < -0.4 is 4.90 Å². The molecule has 0 amide bonds. The van der Waals surface area contributed by atoms with Crippen molar-refractivity contribution in [1.29, 1.82) is 0 Å². The second kappa shape index (κ2) is 6.75. The molecule has 110 valence electrons. The molecule has 1 N–H and O–H groups in total. The summed E-state index contributed by atoms with van der Waals surface area (Å²) in [5.41, 5.74) is 1.13. The molecule has 1 aliphatic rings. The molecule has 1 heterocycles. The lowest BCUT2D eigenvalue weighted by atomic mass is 9.96. The van der Waals surface area contributed by atoms with Gasteiger partial charge in [-0.05, 0) is 38.9 Å². The maximum Gasteiger partial charge on any atom is 0.305 e. The first-order valence-electron chi connectivity index (χ1n) is 7.31. The van der Waals surface area contributed by atoms with Crippen molar-refractivity contribution in [3.05, 3.63) is 30.3 Å². The molecule has 0 aliphatic carbocycles. The number of para-hydroxylation sites is 1. The lowest BCUT2D eigenvalue weighted by Gasteiger charge is -2.42. The third-order valence-corrected chi connectivity index (χ3v) is 4.28. The van der Waals surface area contributed by atoms with E-state index in [1.165, 1.54) is 0 Å². The summed E-state index contributed by atoms with van der Waals surface area (Å²) in [6.45, 7) is 3.90. The minimum atomic E-state index is -0.730. The Kier molecular flexibility index (Phi) is 5.01.